The first-order valence-corrected chi connectivity index (χ1v) is 9.11. The number of nitrogens with zero attached hydrogens (tertiary/aromatic N) is 2. The molecule has 2 aromatic rings. The number of fused-ring (bicyclic) bond motifs is 6. The van der Waals surface area contributed by atoms with E-state index in [2.05, 4.69) is 0 Å². The molecule has 0 N–H and O–H groups in total. The van der Waals surface area contributed by atoms with Crippen LogP contribution in [0, 0.1) is 27.8 Å². The average molecular weight is 384 g/mol. The van der Waals surface area contributed by atoms with Crippen LogP contribution in [-0.2, 0) is 14.3 Å². The molecule has 2 aromatic carbocycles. The third-order valence-corrected chi connectivity index (χ3v) is 6.59. The molecule has 3 saturated heterocycles. The van der Waals surface area contributed by atoms with Crippen molar-refractivity contribution in [2.24, 2.45) is 11.8 Å². The fourth-order valence-electron chi connectivity index (χ4n) is 5.38. The number of hydrogen-bond acceptors (Lipinski definition) is 5. The number of hydrogen-bond donors (Lipinski definition) is 0. The van der Waals surface area contributed by atoms with Crippen LogP contribution >= 0.6 is 0 Å². The Hall–Kier alpha value is -2.87. The summed E-state index contributed by atoms with van der Waals surface area (Å²) in [5, 5.41) is 11.3. The molecule has 0 aliphatic carbocycles. The zero-order valence-corrected chi connectivity index (χ0v) is 15.3. The quantitative estimate of drug-likeness (QED) is 0.450. The molecule has 3 aliphatic rings. The molecule has 3 heterocycles. The zero-order chi connectivity index (χ0) is 20.0. The minimum Gasteiger partial charge on any atom is -0.367 e. The molecule has 3 aliphatic heterocycles. The van der Waals surface area contributed by atoms with Crippen molar-refractivity contribution in [1.82, 2.24) is 0 Å². The van der Waals surface area contributed by atoms with Crippen LogP contribution < -0.4 is 4.90 Å². The average Bonchev–Trinajstić information content (AvgIpc) is 3.18. The Labute approximate surface area is 159 Å². The second kappa shape index (κ2) is 5.14. The summed E-state index contributed by atoms with van der Waals surface area (Å²) >= 11 is 0. The van der Waals surface area contributed by atoms with Crippen molar-refractivity contribution in [3.8, 4) is 0 Å². The highest BCUT2D eigenvalue weighted by atomic mass is 19.1. The number of rotatable bonds is 2. The largest absolute Gasteiger partial charge is 0.367 e. The van der Waals surface area contributed by atoms with Gasteiger partial charge in [-0.1, -0.05) is 12.1 Å². The summed E-state index contributed by atoms with van der Waals surface area (Å²) in [5.74, 6) is -2.75. The van der Waals surface area contributed by atoms with Crippen molar-refractivity contribution in [3.63, 3.8) is 0 Å². The van der Waals surface area contributed by atoms with Gasteiger partial charge in [0, 0.05) is 11.5 Å². The van der Waals surface area contributed by atoms with Gasteiger partial charge in [-0.05, 0) is 38.8 Å². The van der Waals surface area contributed by atoms with Crippen LogP contribution in [0.4, 0.5) is 15.8 Å². The van der Waals surface area contributed by atoms with Gasteiger partial charge in [0.1, 0.15) is 5.82 Å². The van der Waals surface area contributed by atoms with E-state index in [9.17, 15) is 24.1 Å². The standard InChI is InChI=1S/C20H17FN2O5/c1-19-8-9-20(2,28-19)16-15(19)17(24)22(18(16)25)12-6-7-13(23(26)27)14-10(12)4-3-5-11(14)21/h3-7,15-16H,8-9H2,1-2H3/t15-,16+,19?,20?. The molecule has 144 valence electrons. The van der Waals surface area contributed by atoms with Crippen LogP contribution in [0.1, 0.15) is 26.7 Å². The molecule has 5 rings (SSSR count). The van der Waals surface area contributed by atoms with Gasteiger partial charge in [0.2, 0.25) is 11.8 Å². The highest BCUT2D eigenvalue weighted by Crippen LogP contribution is 2.61. The summed E-state index contributed by atoms with van der Waals surface area (Å²) in [6.07, 6.45) is 1.38. The Balaban J connectivity index is 1.72. The van der Waals surface area contributed by atoms with Crippen molar-refractivity contribution < 1.29 is 23.6 Å². The topological polar surface area (TPSA) is 89.8 Å². The van der Waals surface area contributed by atoms with Crippen LogP contribution in [0.2, 0.25) is 0 Å². The third-order valence-electron chi connectivity index (χ3n) is 6.59. The maximum atomic E-state index is 14.4. The molecule has 2 unspecified atom stereocenters. The van der Waals surface area contributed by atoms with Gasteiger partial charge in [-0.25, -0.2) is 9.29 Å². The Morgan fingerprint density at radius 1 is 1.11 bits per heavy atom. The number of carbonyl (C=O) groups excluding carboxylic acids is 2. The summed E-state index contributed by atoms with van der Waals surface area (Å²) in [7, 11) is 0. The van der Waals surface area contributed by atoms with Crippen LogP contribution in [-0.4, -0.2) is 27.9 Å². The lowest BCUT2D eigenvalue weighted by Gasteiger charge is -2.27. The van der Waals surface area contributed by atoms with Gasteiger partial charge in [0.15, 0.2) is 0 Å². The van der Waals surface area contributed by atoms with E-state index in [1.807, 2.05) is 13.8 Å². The normalized spacial score (nSPS) is 33.8. The second-order valence-corrected chi connectivity index (χ2v) is 8.22. The molecular formula is C20H17FN2O5. The number of amides is 2. The van der Waals surface area contributed by atoms with E-state index in [0.29, 0.717) is 12.8 Å². The SMILES string of the molecule is CC12CCC(C)(O1)[C@H]1C(=O)N(c3ccc([N+](=O)[O-])c4c(F)cccc34)C(=O)[C@H]12. The molecule has 2 bridgehead atoms. The van der Waals surface area contributed by atoms with E-state index in [0.717, 1.165) is 17.0 Å². The predicted octanol–water partition coefficient (Wildman–Crippen LogP) is 3.33. The molecule has 0 saturated carbocycles. The smallest absolute Gasteiger partial charge is 0.280 e. The summed E-state index contributed by atoms with van der Waals surface area (Å²) in [6.45, 7) is 3.70. The zero-order valence-electron chi connectivity index (χ0n) is 15.3. The molecular weight excluding hydrogens is 367 g/mol. The second-order valence-electron chi connectivity index (χ2n) is 8.22. The predicted molar refractivity (Wildman–Crippen MR) is 97.2 cm³/mol. The van der Waals surface area contributed by atoms with E-state index in [1.165, 1.54) is 18.2 Å². The fourth-order valence-corrected chi connectivity index (χ4v) is 5.38. The first-order chi connectivity index (χ1) is 13.2. The Bertz CT molecular complexity index is 1070. The number of halogens is 1. The number of non-ortho nitro benzene ring substituents is 1. The highest BCUT2D eigenvalue weighted by Gasteiger charge is 2.72. The van der Waals surface area contributed by atoms with Gasteiger partial charge in [-0.15, -0.1) is 0 Å². The van der Waals surface area contributed by atoms with Gasteiger partial charge in [-0.2, -0.15) is 0 Å². The first-order valence-electron chi connectivity index (χ1n) is 9.11. The summed E-state index contributed by atoms with van der Waals surface area (Å²) in [6, 6.07) is 6.52. The number of ether oxygens (including phenoxy) is 1. The van der Waals surface area contributed by atoms with Crippen molar-refractivity contribution >= 4 is 34.0 Å². The van der Waals surface area contributed by atoms with Crippen LogP contribution in [0.3, 0.4) is 0 Å². The van der Waals surface area contributed by atoms with Crippen LogP contribution in [0.15, 0.2) is 30.3 Å². The van der Waals surface area contributed by atoms with E-state index in [-0.39, 0.29) is 28.3 Å². The minimum atomic E-state index is -0.771. The molecule has 7 nitrogen and oxygen atoms in total. The number of benzene rings is 2. The molecule has 4 atom stereocenters. The lowest BCUT2D eigenvalue weighted by molar-refractivity contribution is -0.383. The summed E-state index contributed by atoms with van der Waals surface area (Å²) < 4.78 is 20.5. The number of carbonyl (C=O) groups is 2. The van der Waals surface area contributed by atoms with E-state index in [1.54, 1.807) is 0 Å². The van der Waals surface area contributed by atoms with Gasteiger partial charge < -0.3 is 4.74 Å². The number of nitro groups is 1. The highest BCUT2D eigenvalue weighted by molar-refractivity contribution is 6.26. The first kappa shape index (κ1) is 17.2. The number of imide groups is 1. The van der Waals surface area contributed by atoms with Gasteiger partial charge in [-0.3, -0.25) is 19.7 Å². The van der Waals surface area contributed by atoms with E-state index in [4.69, 9.17) is 4.74 Å². The molecule has 8 heteroatoms. The number of nitro benzene ring substituents is 1. The molecule has 3 fully saturated rings. The van der Waals surface area contributed by atoms with Gasteiger partial charge in [0.05, 0.1) is 39.0 Å². The molecule has 0 radical (unpaired) electrons. The minimum absolute atomic E-state index is 0.166. The van der Waals surface area contributed by atoms with E-state index < -0.39 is 39.5 Å². The summed E-state index contributed by atoms with van der Waals surface area (Å²) in [4.78, 5) is 38.3. The van der Waals surface area contributed by atoms with Crippen molar-refractivity contribution in [2.75, 3.05) is 4.90 Å². The lowest BCUT2D eigenvalue weighted by atomic mass is 9.69. The van der Waals surface area contributed by atoms with Crippen molar-refractivity contribution in [1.29, 1.82) is 0 Å². The lowest BCUT2D eigenvalue weighted by Crippen LogP contribution is -2.40. The summed E-state index contributed by atoms with van der Waals surface area (Å²) in [5.41, 5.74) is -1.64. The van der Waals surface area contributed by atoms with Crippen LogP contribution in [0.5, 0.6) is 0 Å². The van der Waals surface area contributed by atoms with Crippen molar-refractivity contribution in [3.05, 3.63) is 46.3 Å². The Morgan fingerprint density at radius 2 is 1.71 bits per heavy atom. The maximum Gasteiger partial charge on any atom is 0.280 e. The fraction of sp³-hybridized carbons (Fsp3) is 0.400. The van der Waals surface area contributed by atoms with Crippen molar-refractivity contribution in [2.45, 2.75) is 37.9 Å². The van der Waals surface area contributed by atoms with Crippen LogP contribution in [0.25, 0.3) is 10.8 Å². The monoisotopic (exact) mass is 384 g/mol. The van der Waals surface area contributed by atoms with Gasteiger partial charge >= 0.3 is 0 Å². The molecule has 2 amide bonds. The molecule has 0 spiro atoms. The molecule has 0 aromatic heterocycles. The Morgan fingerprint density at radius 3 is 2.29 bits per heavy atom. The molecule has 28 heavy (non-hydrogen) atoms. The maximum absolute atomic E-state index is 14.4. The third kappa shape index (κ3) is 1.90. The number of anilines is 1. The Kier molecular flexibility index (Phi) is 3.16. The van der Waals surface area contributed by atoms with E-state index >= 15 is 0 Å². The van der Waals surface area contributed by atoms with Gasteiger partial charge in [0.25, 0.3) is 5.69 Å².